The lowest BCUT2D eigenvalue weighted by atomic mass is 9.94. The Kier molecular flexibility index (Phi) is 5.19. The topological polar surface area (TPSA) is 59.6 Å². The number of methoxy groups -OCH3 is 1. The van der Waals surface area contributed by atoms with Gasteiger partial charge in [-0.25, -0.2) is 0 Å². The highest BCUT2D eigenvalue weighted by Crippen LogP contribution is 2.49. The van der Waals surface area contributed by atoms with Gasteiger partial charge in [0.15, 0.2) is 5.96 Å². The third-order valence-corrected chi connectivity index (χ3v) is 4.02. The molecule has 0 bridgehead atoms. The van der Waals surface area contributed by atoms with Crippen molar-refractivity contribution in [2.75, 3.05) is 20.3 Å². The quantitative estimate of drug-likeness (QED) is 0.623. The summed E-state index contributed by atoms with van der Waals surface area (Å²) in [4.78, 5) is 4.30. The molecule has 0 spiro atoms. The molecule has 1 saturated carbocycles. The average Bonchev–Trinajstić information content (AvgIpc) is 3.26. The SMILES string of the molecule is COCC(C)NC(N)=NCC1(c2cccc(C(F)(F)F)c2)CC1. The van der Waals surface area contributed by atoms with Gasteiger partial charge >= 0.3 is 6.18 Å². The second-order valence-electron chi connectivity index (χ2n) is 6.06. The number of alkyl halides is 3. The van der Waals surface area contributed by atoms with Crippen LogP contribution in [0.15, 0.2) is 29.3 Å². The third-order valence-electron chi connectivity index (χ3n) is 4.02. The number of nitrogens with one attached hydrogen (secondary N) is 1. The number of nitrogens with zero attached hydrogens (tertiary/aromatic N) is 1. The van der Waals surface area contributed by atoms with Crippen LogP contribution in [0.1, 0.15) is 30.9 Å². The minimum Gasteiger partial charge on any atom is -0.383 e. The van der Waals surface area contributed by atoms with Crippen molar-refractivity contribution >= 4 is 5.96 Å². The summed E-state index contributed by atoms with van der Waals surface area (Å²) in [6.07, 6.45) is -2.69. The van der Waals surface area contributed by atoms with Crippen LogP contribution < -0.4 is 11.1 Å². The lowest BCUT2D eigenvalue weighted by Gasteiger charge is -2.17. The molecular formula is C16H22F3N3O. The zero-order valence-corrected chi connectivity index (χ0v) is 13.3. The first-order valence-electron chi connectivity index (χ1n) is 7.50. The average molecular weight is 329 g/mol. The Labute approximate surface area is 133 Å². The molecule has 1 fully saturated rings. The number of aliphatic imine (C=N–C) groups is 1. The molecule has 23 heavy (non-hydrogen) atoms. The van der Waals surface area contributed by atoms with Crippen LogP contribution in [0.25, 0.3) is 0 Å². The Morgan fingerprint density at radius 3 is 2.70 bits per heavy atom. The zero-order valence-electron chi connectivity index (χ0n) is 13.3. The van der Waals surface area contributed by atoms with E-state index in [1.165, 1.54) is 12.1 Å². The minimum atomic E-state index is -4.33. The molecule has 128 valence electrons. The standard InChI is InChI=1S/C16H22F3N3O/c1-11(9-23-2)22-14(20)21-10-15(6-7-15)12-4-3-5-13(8-12)16(17,18)19/h3-5,8,11H,6-7,9-10H2,1-2H3,(H3,20,21,22). The molecule has 1 aromatic rings. The van der Waals surface area contributed by atoms with E-state index < -0.39 is 11.7 Å². The van der Waals surface area contributed by atoms with E-state index >= 15 is 0 Å². The number of halogens is 3. The van der Waals surface area contributed by atoms with Crippen molar-refractivity contribution < 1.29 is 17.9 Å². The molecule has 1 atom stereocenters. The van der Waals surface area contributed by atoms with Crippen LogP contribution >= 0.6 is 0 Å². The van der Waals surface area contributed by atoms with Gasteiger partial charge in [-0.05, 0) is 31.4 Å². The first kappa shape index (κ1) is 17.6. The Morgan fingerprint density at radius 2 is 2.13 bits per heavy atom. The summed E-state index contributed by atoms with van der Waals surface area (Å²) in [6, 6.07) is 5.51. The lowest BCUT2D eigenvalue weighted by molar-refractivity contribution is -0.137. The van der Waals surface area contributed by atoms with Crippen molar-refractivity contribution in [3.8, 4) is 0 Å². The molecule has 2 rings (SSSR count). The maximum absolute atomic E-state index is 12.8. The van der Waals surface area contributed by atoms with Gasteiger partial charge in [-0.3, -0.25) is 4.99 Å². The summed E-state index contributed by atoms with van der Waals surface area (Å²) in [5.74, 6) is 0.285. The van der Waals surface area contributed by atoms with Crippen molar-refractivity contribution in [3.63, 3.8) is 0 Å². The molecule has 0 saturated heterocycles. The molecule has 0 aromatic heterocycles. The fourth-order valence-corrected chi connectivity index (χ4v) is 2.54. The van der Waals surface area contributed by atoms with Crippen LogP contribution in [0.5, 0.6) is 0 Å². The number of hydrogen-bond donors (Lipinski definition) is 2. The number of benzene rings is 1. The number of guanidine groups is 1. The van der Waals surface area contributed by atoms with Crippen molar-refractivity contribution in [2.24, 2.45) is 10.7 Å². The first-order valence-corrected chi connectivity index (χ1v) is 7.50. The molecule has 1 unspecified atom stereocenters. The van der Waals surface area contributed by atoms with Crippen molar-refractivity contribution in [1.29, 1.82) is 0 Å². The molecule has 0 aliphatic heterocycles. The van der Waals surface area contributed by atoms with Gasteiger partial charge in [0.2, 0.25) is 0 Å². The predicted molar refractivity (Wildman–Crippen MR) is 83.3 cm³/mol. The van der Waals surface area contributed by atoms with Crippen molar-refractivity contribution in [1.82, 2.24) is 5.32 Å². The molecule has 0 heterocycles. The van der Waals surface area contributed by atoms with Gasteiger partial charge in [0.25, 0.3) is 0 Å². The highest BCUT2D eigenvalue weighted by molar-refractivity contribution is 5.78. The fourth-order valence-electron chi connectivity index (χ4n) is 2.54. The monoisotopic (exact) mass is 329 g/mol. The summed E-state index contributed by atoms with van der Waals surface area (Å²) < 4.78 is 43.5. The Bertz CT molecular complexity index is 568. The smallest absolute Gasteiger partial charge is 0.383 e. The van der Waals surface area contributed by atoms with E-state index in [1.807, 2.05) is 6.92 Å². The van der Waals surface area contributed by atoms with Crippen molar-refractivity contribution in [2.45, 2.75) is 37.4 Å². The zero-order chi connectivity index (χ0) is 17.1. The first-order chi connectivity index (χ1) is 10.8. The normalized spacial score (nSPS) is 18.6. The van der Waals surface area contributed by atoms with Crippen molar-refractivity contribution in [3.05, 3.63) is 35.4 Å². The van der Waals surface area contributed by atoms with E-state index in [0.29, 0.717) is 18.7 Å². The Hall–Kier alpha value is -1.76. The van der Waals surface area contributed by atoms with E-state index in [4.69, 9.17) is 10.5 Å². The summed E-state index contributed by atoms with van der Waals surface area (Å²) in [5.41, 5.74) is 5.55. The Morgan fingerprint density at radius 1 is 1.43 bits per heavy atom. The molecule has 1 aliphatic rings. The van der Waals surface area contributed by atoms with Gasteiger partial charge in [-0.15, -0.1) is 0 Å². The van der Waals surface area contributed by atoms with E-state index in [-0.39, 0.29) is 17.4 Å². The summed E-state index contributed by atoms with van der Waals surface area (Å²) in [5, 5.41) is 2.99. The molecule has 1 aliphatic carbocycles. The molecule has 3 N–H and O–H groups in total. The number of hydrogen-bond acceptors (Lipinski definition) is 2. The van der Waals surface area contributed by atoms with Crippen LogP contribution in [0.3, 0.4) is 0 Å². The van der Waals surface area contributed by atoms with Gasteiger partial charge in [0, 0.05) is 18.6 Å². The highest BCUT2D eigenvalue weighted by atomic mass is 19.4. The number of rotatable bonds is 6. The van der Waals surface area contributed by atoms with Gasteiger partial charge < -0.3 is 15.8 Å². The van der Waals surface area contributed by atoms with Gasteiger partial charge in [-0.1, -0.05) is 18.2 Å². The van der Waals surface area contributed by atoms with Crippen LogP contribution in [0.4, 0.5) is 13.2 Å². The summed E-state index contributed by atoms with van der Waals surface area (Å²) in [6.45, 7) is 2.79. The van der Waals surface area contributed by atoms with E-state index in [1.54, 1.807) is 13.2 Å². The van der Waals surface area contributed by atoms with Gasteiger partial charge in [0.05, 0.1) is 18.7 Å². The van der Waals surface area contributed by atoms with Crippen LogP contribution in [0, 0.1) is 0 Å². The Balaban J connectivity index is 2.06. The second-order valence-corrected chi connectivity index (χ2v) is 6.06. The van der Waals surface area contributed by atoms with Crippen LogP contribution in [-0.2, 0) is 16.3 Å². The molecule has 1 aromatic carbocycles. The minimum absolute atomic E-state index is 0.0208. The largest absolute Gasteiger partial charge is 0.416 e. The summed E-state index contributed by atoms with van der Waals surface area (Å²) in [7, 11) is 1.60. The molecule has 0 radical (unpaired) electrons. The van der Waals surface area contributed by atoms with E-state index in [0.717, 1.165) is 18.9 Å². The van der Waals surface area contributed by atoms with Crippen LogP contribution in [-0.4, -0.2) is 32.3 Å². The maximum Gasteiger partial charge on any atom is 0.416 e. The molecule has 7 heteroatoms. The molecule has 4 nitrogen and oxygen atoms in total. The molecule has 0 amide bonds. The second kappa shape index (κ2) is 6.78. The highest BCUT2D eigenvalue weighted by Gasteiger charge is 2.45. The number of ether oxygens (including phenoxy) is 1. The fraction of sp³-hybridized carbons (Fsp3) is 0.562. The third kappa shape index (κ3) is 4.60. The number of nitrogens with two attached hydrogens (primary N) is 1. The van der Waals surface area contributed by atoms with Crippen LogP contribution in [0.2, 0.25) is 0 Å². The molecular weight excluding hydrogens is 307 g/mol. The lowest BCUT2D eigenvalue weighted by Crippen LogP contribution is -2.41. The van der Waals surface area contributed by atoms with E-state index in [2.05, 4.69) is 10.3 Å². The van der Waals surface area contributed by atoms with E-state index in [9.17, 15) is 13.2 Å². The van der Waals surface area contributed by atoms with Gasteiger partial charge in [0.1, 0.15) is 0 Å². The maximum atomic E-state index is 12.8. The van der Waals surface area contributed by atoms with Gasteiger partial charge in [-0.2, -0.15) is 13.2 Å². The summed E-state index contributed by atoms with van der Waals surface area (Å²) >= 11 is 0. The predicted octanol–water partition coefficient (Wildman–Crippen LogP) is 2.68.